The Hall–Kier alpha value is -3.14. The first-order valence-electron chi connectivity index (χ1n) is 8.20. The molecule has 0 amide bonds. The van der Waals surface area contributed by atoms with Gasteiger partial charge < -0.3 is 10.2 Å². The highest BCUT2D eigenvalue weighted by Crippen LogP contribution is 2.19. The fourth-order valence-electron chi connectivity index (χ4n) is 2.22. The van der Waals surface area contributed by atoms with E-state index in [0.717, 1.165) is 5.56 Å². The van der Waals surface area contributed by atoms with E-state index in [1.54, 1.807) is 0 Å². The van der Waals surface area contributed by atoms with Crippen molar-refractivity contribution in [3.8, 4) is 0 Å². The van der Waals surface area contributed by atoms with Crippen LogP contribution in [0, 0.1) is 12.8 Å². The van der Waals surface area contributed by atoms with Crippen molar-refractivity contribution in [2.24, 2.45) is 5.92 Å². The lowest BCUT2D eigenvalue weighted by atomic mass is 9.91. The summed E-state index contributed by atoms with van der Waals surface area (Å²) in [5.41, 5.74) is 2.36. The molecule has 0 saturated carbocycles. The molecule has 1 atom stereocenters. The zero-order chi connectivity index (χ0) is 19.5. The third-order valence-electron chi connectivity index (χ3n) is 3.75. The van der Waals surface area contributed by atoms with Gasteiger partial charge in [0, 0.05) is 17.1 Å². The van der Waals surface area contributed by atoms with E-state index in [1.165, 1.54) is 18.6 Å². The number of allylic oxidation sites excluding steroid dienone is 1. The van der Waals surface area contributed by atoms with Crippen LogP contribution in [0.1, 0.15) is 18.1 Å². The zero-order valence-corrected chi connectivity index (χ0v) is 15.1. The number of aryl methyl sites for hydroxylation is 1. The molecule has 0 spiro atoms. The SMILES string of the molecule is C=C(C(=O)O)C(C=C(C)C(=O)O)Cc1ccccc1.Cc1ccccc1. The zero-order valence-electron chi connectivity index (χ0n) is 15.1. The molecule has 136 valence electrons. The maximum atomic E-state index is 11.0. The summed E-state index contributed by atoms with van der Waals surface area (Å²) in [6, 6.07) is 19.6. The van der Waals surface area contributed by atoms with Gasteiger partial charge in [0.05, 0.1) is 0 Å². The van der Waals surface area contributed by atoms with Gasteiger partial charge in [-0.05, 0) is 25.8 Å². The van der Waals surface area contributed by atoms with Gasteiger partial charge in [0.1, 0.15) is 0 Å². The van der Waals surface area contributed by atoms with Crippen molar-refractivity contribution in [3.63, 3.8) is 0 Å². The molecule has 0 aliphatic carbocycles. The van der Waals surface area contributed by atoms with Crippen molar-refractivity contribution in [1.82, 2.24) is 0 Å². The van der Waals surface area contributed by atoms with Crippen LogP contribution in [0.15, 0.2) is 84.5 Å². The lowest BCUT2D eigenvalue weighted by molar-refractivity contribution is -0.134. The van der Waals surface area contributed by atoms with E-state index < -0.39 is 17.9 Å². The molecule has 0 aromatic heterocycles. The number of benzene rings is 2. The molecule has 1 unspecified atom stereocenters. The highest BCUT2D eigenvalue weighted by atomic mass is 16.4. The van der Waals surface area contributed by atoms with Gasteiger partial charge in [0.2, 0.25) is 0 Å². The van der Waals surface area contributed by atoms with Crippen LogP contribution in [-0.2, 0) is 16.0 Å². The van der Waals surface area contributed by atoms with Gasteiger partial charge in [-0.1, -0.05) is 78.9 Å². The molecular formula is C22H24O4. The second kappa shape index (κ2) is 10.7. The quantitative estimate of drug-likeness (QED) is 0.750. The third kappa shape index (κ3) is 7.62. The van der Waals surface area contributed by atoms with E-state index in [0.29, 0.717) is 6.42 Å². The molecule has 4 nitrogen and oxygen atoms in total. The Balaban J connectivity index is 0.000000401. The van der Waals surface area contributed by atoms with E-state index >= 15 is 0 Å². The van der Waals surface area contributed by atoms with Gasteiger partial charge in [0.25, 0.3) is 0 Å². The minimum atomic E-state index is -1.12. The van der Waals surface area contributed by atoms with Crippen LogP contribution < -0.4 is 0 Å². The number of aliphatic carboxylic acids is 2. The Morgan fingerprint density at radius 3 is 1.85 bits per heavy atom. The highest BCUT2D eigenvalue weighted by molar-refractivity contribution is 5.89. The molecular weight excluding hydrogens is 328 g/mol. The van der Waals surface area contributed by atoms with Crippen LogP contribution in [0.2, 0.25) is 0 Å². The van der Waals surface area contributed by atoms with Crippen molar-refractivity contribution in [3.05, 3.63) is 95.6 Å². The standard InChI is InChI=1S/C15H16O4.C7H8/c1-10(14(16)17)8-13(11(2)15(18)19)9-12-6-4-3-5-7-12;1-7-5-3-2-4-6-7/h3-8,13H,2,9H2,1H3,(H,16,17)(H,18,19);2-6H,1H3. The summed E-state index contributed by atoms with van der Waals surface area (Å²) in [5, 5.41) is 17.9. The number of carboxylic acid groups (broad SMARTS) is 2. The molecule has 2 aromatic carbocycles. The van der Waals surface area contributed by atoms with Crippen molar-refractivity contribution < 1.29 is 19.8 Å². The van der Waals surface area contributed by atoms with Gasteiger partial charge in [-0.3, -0.25) is 0 Å². The first-order valence-corrected chi connectivity index (χ1v) is 8.20. The number of rotatable bonds is 6. The molecule has 0 aliphatic heterocycles. The topological polar surface area (TPSA) is 74.6 Å². The van der Waals surface area contributed by atoms with Crippen molar-refractivity contribution in [2.75, 3.05) is 0 Å². The number of hydrogen-bond acceptors (Lipinski definition) is 2. The molecule has 2 rings (SSSR count). The molecule has 0 aliphatic rings. The first-order chi connectivity index (χ1) is 12.3. The Labute approximate surface area is 154 Å². The van der Waals surface area contributed by atoms with Crippen LogP contribution >= 0.6 is 0 Å². The highest BCUT2D eigenvalue weighted by Gasteiger charge is 2.18. The van der Waals surface area contributed by atoms with Gasteiger partial charge in [0.15, 0.2) is 0 Å². The maximum Gasteiger partial charge on any atom is 0.331 e. The van der Waals surface area contributed by atoms with Crippen LogP contribution in [-0.4, -0.2) is 22.2 Å². The summed E-state index contributed by atoms with van der Waals surface area (Å²) in [4.78, 5) is 21.8. The predicted octanol–water partition coefficient (Wildman–Crippen LogP) is 4.51. The summed E-state index contributed by atoms with van der Waals surface area (Å²) in [5.74, 6) is -2.71. The van der Waals surface area contributed by atoms with E-state index in [1.807, 2.05) is 48.5 Å². The molecule has 4 heteroatoms. The van der Waals surface area contributed by atoms with Gasteiger partial charge in [-0.25, -0.2) is 9.59 Å². The Morgan fingerprint density at radius 1 is 0.962 bits per heavy atom. The Morgan fingerprint density at radius 2 is 1.46 bits per heavy atom. The molecule has 2 aromatic rings. The van der Waals surface area contributed by atoms with Gasteiger partial charge in [-0.2, -0.15) is 0 Å². The van der Waals surface area contributed by atoms with E-state index in [-0.39, 0.29) is 11.1 Å². The molecule has 0 fully saturated rings. The second-order valence-corrected chi connectivity index (χ2v) is 5.94. The number of hydrogen-bond donors (Lipinski definition) is 2. The van der Waals surface area contributed by atoms with Crippen molar-refractivity contribution in [1.29, 1.82) is 0 Å². The Bertz CT molecular complexity index is 761. The normalized spacial score (nSPS) is 11.7. The van der Waals surface area contributed by atoms with Crippen molar-refractivity contribution in [2.45, 2.75) is 20.3 Å². The first kappa shape index (κ1) is 20.9. The minimum absolute atomic E-state index is 0.00977. The summed E-state index contributed by atoms with van der Waals surface area (Å²) < 4.78 is 0. The van der Waals surface area contributed by atoms with Crippen LogP contribution in [0.25, 0.3) is 0 Å². The monoisotopic (exact) mass is 352 g/mol. The predicted molar refractivity (Wildman–Crippen MR) is 103 cm³/mol. The van der Waals surface area contributed by atoms with Crippen LogP contribution in [0.4, 0.5) is 0 Å². The van der Waals surface area contributed by atoms with Crippen molar-refractivity contribution >= 4 is 11.9 Å². The molecule has 0 heterocycles. The number of carboxylic acids is 2. The second-order valence-electron chi connectivity index (χ2n) is 5.94. The molecule has 26 heavy (non-hydrogen) atoms. The van der Waals surface area contributed by atoms with Gasteiger partial charge in [-0.15, -0.1) is 0 Å². The van der Waals surface area contributed by atoms with Crippen LogP contribution in [0.3, 0.4) is 0 Å². The Kier molecular flexibility index (Phi) is 8.58. The lowest BCUT2D eigenvalue weighted by Crippen LogP contribution is -2.14. The molecule has 0 saturated heterocycles. The largest absolute Gasteiger partial charge is 0.478 e. The average molecular weight is 352 g/mol. The smallest absolute Gasteiger partial charge is 0.331 e. The fraction of sp³-hybridized carbons (Fsp3) is 0.182. The molecule has 2 N–H and O–H groups in total. The summed E-state index contributed by atoms with van der Waals surface area (Å²) in [6.45, 7) is 7.05. The van der Waals surface area contributed by atoms with Crippen LogP contribution in [0.5, 0.6) is 0 Å². The van der Waals surface area contributed by atoms with Gasteiger partial charge >= 0.3 is 11.9 Å². The third-order valence-corrected chi connectivity index (χ3v) is 3.75. The number of carbonyl (C=O) groups is 2. The van der Waals surface area contributed by atoms with E-state index in [9.17, 15) is 9.59 Å². The molecule has 0 radical (unpaired) electrons. The summed E-state index contributed by atoms with van der Waals surface area (Å²) in [7, 11) is 0. The van der Waals surface area contributed by atoms with E-state index in [2.05, 4.69) is 25.6 Å². The molecule has 0 bridgehead atoms. The fourth-order valence-corrected chi connectivity index (χ4v) is 2.22. The minimum Gasteiger partial charge on any atom is -0.478 e. The maximum absolute atomic E-state index is 11.0. The van der Waals surface area contributed by atoms with E-state index in [4.69, 9.17) is 10.2 Å². The summed E-state index contributed by atoms with van der Waals surface area (Å²) in [6.07, 6.45) is 1.85. The lowest BCUT2D eigenvalue weighted by Gasteiger charge is -2.13. The average Bonchev–Trinajstić information content (AvgIpc) is 2.62. The summed E-state index contributed by atoms with van der Waals surface area (Å²) >= 11 is 0.